The first-order valence-corrected chi connectivity index (χ1v) is 8.88. The lowest BCUT2D eigenvalue weighted by Crippen LogP contribution is -2.36. The molecular formula is C21H25FIN5. The van der Waals surface area contributed by atoms with E-state index in [2.05, 4.69) is 27.6 Å². The molecule has 0 fully saturated rings. The predicted molar refractivity (Wildman–Crippen MR) is 122 cm³/mol. The fraction of sp³-hybridized carbons (Fsp3) is 0.238. The summed E-state index contributed by atoms with van der Waals surface area (Å²) in [5.74, 6) is 0.452. The minimum Gasteiger partial charge on any atom is -0.352 e. The molecule has 3 rings (SSSR count). The lowest BCUT2D eigenvalue weighted by Gasteiger charge is -2.12. The van der Waals surface area contributed by atoms with Crippen LogP contribution in [0, 0.1) is 19.7 Å². The number of para-hydroxylation sites is 1. The summed E-state index contributed by atoms with van der Waals surface area (Å²) in [4.78, 5) is 4.25. The van der Waals surface area contributed by atoms with Crippen molar-refractivity contribution < 1.29 is 4.39 Å². The van der Waals surface area contributed by atoms with Gasteiger partial charge in [0.1, 0.15) is 5.82 Å². The summed E-state index contributed by atoms with van der Waals surface area (Å²) in [6.07, 6.45) is 0. The molecule has 0 radical (unpaired) electrons. The number of aromatic nitrogens is 2. The third-order valence-corrected chi connectivity index (χ3v) is 4.47. The van der Waals surface area contributed by atoms with Gasteiger partial charge in [-0.2, -0.15) is 5.10 Å². The Hall–Kier alpha value is -2.42. The number of benzene rings is 2. The van der Waals surface area contributed by atoms with Gasteiger partial charge in [-0.15, -0.1) is 24.0 Å². The first-order valence-electron chi connectivity index (χ1n) is 8.88. The molecule has 0 atom stereocenters. The Morgan fingerprint density at radius 1 is 1.00 bits per heavy atom. The summed E-state index contributed by atoms with van der Waals surface area (Å²) >= 11 is 0. The predicted octanol–water partition coefficient (Wildman–Crippen LogP) is 4.11. The number of guanidine groups is 1. The summed E-state index contributed by atoms with van der Waals surface area (Å²) < 4.78 is 15.0. The van der Waals surface area contributed by atoms with Crippen LogP contribution in [-0.2, 0) is 13.1 Å². The van der Waals surface area contributed by atoms with Gasteiger partial charge in [-0.05, 0) is 43.7 Å². The van der Waals surface area contributed by atoms with E-state index in [0.717, 1.165) is 28.2 Å². The van der Waals surface area contributed by atoms with E-state index in [1.165, 1.54) is 12.1 Å². The van der Waals surface area contributed by atoms with Gasteiger partial charge >= 0.3 is 0 Å². The lowest BCUT2D eigenvalue weighted by molar-refractivity contribution is 0.626. The highest BCUT2D eigenvalue weighted by molar-refractivity contribution is 14.0. The van der Waals surface area contributed by atoms with Crippen LogP contribution in [0.25, 0.3) is 5.69 Å². The Morgan fingerprint density at radius 2 is 1.64 bits per heavy atom. The van der Waals surface area contributed by atoms with Gasteiger partial charge in [0.2, 0.25) is 0 Å². The van der Waals surface area contributed by atoms with Crippen LogP contribution in [0.1, 0.15) is 22.5 Å². The van der Waals surface area contributed by atoms with Crippen molar-refractivity contribution in [3.63, 3.8) is 0 Å². The Kier molecular flexibility index (Phi) is 7.98. The van der Waals surface area contributed by atoms with Gasteiger partial charge in [0.25, 0.3) is 0 Å². The molecule has 0 aliphatic carbocycles. The summed E-state index contributed by atoms with van der Waals surface area (Å²) in [6, 6.07) is 16.5. The fourth-order valence-electron chi connectivity index (χ4n) is 2.93. The lowest BCUT2D eigenvalue weighted by atomic mass is 10.2. The van der Waals surface area contributed by atoms with Crippen molar-refractivity contribution in [3.8, 4) is 5.69 Å². The summed E-state index contributed by atoms with van der Waals surface area (Å²) in [6.45, 7) is 5.27. The number of halogens is 2. The third kappa shape index (κ3) is 5.31. The van der Waals surface area contributed by atoms with E-state index in [9.17, 15) is 4.39 Å². The second-order valence-corrected chi connectivity index (χ2v) is 6.30. The van der Waals surface area contributed by atoms with Crippen LogP contribution in [0.4, 0.5) is 4.39 Å². The molecule has 0 unspecified atom stereocenters. The number of hydrogen-bond donors (Lipinski definition) is 2. The normalized spacial score (nSPS) is 11.1. The highest BCUT2D eigenvalue weighted by Gasteiger charge is 2.13. The first kappa shape index (κ1) is 21.9. The maximum absolute atomic E-state index is 13.0. The molecule has 5 nitrogen and oxygen atoms in total. The van der Waals surface area contributed by atoms with E-state index >= 15 is 0 Å². The average Bonchev–Trinajstić information content (AvgIpc) is 2.98. The number of hydrogen-bond acceptors (Lipinski definition) is 2. The van der Waals surface area contributed by atoms with E-state index < -0.39 is 0 Å². The summed E-state index contributed by atoms with van der Waals surface area (Å²) in [7, 11) is 1.73. The smallest absolute Gasteiger partial charge is 0.191 e. The molecule has 28 heavy (non-hydrogen) atoms. The molecule has 2 N–H and O–H groups in total. The van der Waals surface area contributed by atoms with E-state index in [1.54, 1.807) is 19.2 Å². The SMILES string of the molecule is CN=C(NCc1ccc(F)cc1)NCc1c(C)nn(-c2ccccc2)c1C.I. The molecule has 0 saturated heterocycles. The minimum absolute atomic E-state index is 0. The van der Waals surface area contributed by atoms with Crippen molar-refractivity contribution >= 4 is 29.9 Å². The molecule has 3 aromatic rings. The van der Waals surface area contributed by atoms with Crippen LogP contribution in [0.5, 0.6) is 0 Å². The molecule has 7 heteroatoms. The molecule has 1 aromatic heterocycles. The van der Waals surface area contributed by atoms with Crippen LogP contribution >= 0.6 is 24.0 Å². The van der Waals surface area contributed by atoms with Gasteiger partial charge in [-0.25, -0.2) is 9.07 Å². The second-order valence-electron chi connectivity index (χ2n) is 6.30. The molecule has 0 aliphatic rings. The molecule has 148 valence electrons. The molecule has 0 spiro atoms. The van der Waals surface area contributed by atoms with Crippen LogP contribution in [0.3, 0.4) is 0 Å². The van der Waals surface area contributed by atoms with Gasteiger partial charge in [0.05, 0.1) is 11.4 Å². The fourth-order valence-corrected chi connectivity index (χ4v) is 2.93. The average molecular weight is 493 g/mol. The van der Waals surface area contributed by atoms with Crippen LogP contribution in [0.2, 0.25) is 0 Å². The Labute approximate surface area is 182 Å². The third-order valence-electron chi connectivity index (χ3n) is 4.47. The zero-order valence-electron chi connectivity index (χ0n) is 16.2. The molecule has 0 aliphatic heterocycles. The van der Waals surface area contributed by atoms with E-state index in [-0.39, 0.29) is 29.8 Å². The molecular weight excluding hydrogens is 468 g/mol. The van der Waals surface area contributed by atoms with Gasteiger partial charge in [-0.1, -0.05) is 30.3 Å². The van der Waals surface area contributed by atoms with Crippen LogP contribution < -0.4 is 10.6 Å². The maximum atomic E-state index is 13.0. The number of aryl methyl sites for hydroxylation is 1. The Balaban J connectivity index is 0.00000280. The van der Waals surface area contributed by atoms with Crippen molar-refractivity contribution in [2.45, 2.75) is 26.9 Å². The Morgan fingerprint density at radius 3 is 2.29 bits per heavy atom. The quantitative estimate of drug-likeness (QED) is 0.320. The number of rotatable bonds is 5. The van der Waals surface area contributed by atoms with Crippen LogP contribution in [-0.4, -0.2) is 22.8 Å². The van der Waals surface area contributed by atoms with E-state index in [1.807, 2.05) is 41.9 Å². The molecule has 1 heterocycles. The minimum atomic E-state index is -0.234. The van der Waals surface area contributed by atoms with Crippen molar-refractivity contribution in [3.05, 3.63) is 82.9 Å². The van der Waals surface area contributed by atoms with Gasteiger partial charge < -0.3 is 10.6 Å². The number of aliphatic imine (C=N–C) groups is 1. The first-order chi connectivity index (χ1) is 13.1. The van der Waals surface area contributed by atoms with Gasteiger partial charge in [0.15, 0.2) is 5.96 Å². The zero-order valence-corrected chi connectivity index (χ0v) is 18.6. The van der Waals surface area contributed by atoms with E-state index in [0.29, 0.717) is 19.0 Å². The van der Waals surface area contributed by atoms with Gasteiger partial charge in [0, 0.05) is 31.4 Å². The van der Waals surface area contributed by atoms with Crippen molar-refractivity contribution in [2.75, 3.05) is 7.05 Å². The monoisotopic (exact) mass is 493 g/mol. The molecule has 0 saturated carbocycles. The zero-order chi connectivity index (χ0) is 19.2. The van der Waals surface area contributed by atoms with E-state index in [4.69, 9.17) is 0 Å². The standard InChI is InChI=1S/C21H24FN5.HI/c1-15-20(16(2)27(26-15)19-7-5-4-6-8-19)14-25-21(23-3)24-13-17-9-11-18(22)12-10-17;/h4-12H,13-14H2,1-3H3,(H2,23,24,25);1H. The number of nitrogens with zero attached hydrogens (tertiary/aromatic N) is 3. The molecule has 0 amide bonds. The highest BCUT2D eigenvalue weighted by atomic mass is 127. The maximum Gasteiger partial charge on any atom is 0.191 e. The number of nitrogens with one attached hydrogen (secondary N) is 2. The largest absolute Gasteiger partial charge is 0.352 e. The summed E-state index contributed by atoms with van der Waals surface area (Å²) in [5.41, 5.74) is 5.26. The highest BCUT2D eigenvalue weighted by Crippen LogP contribution is 2.17. The summed E-state index contributed by atoms with van der Waals surface area (Å²) in [5, 5.41) is 11.2. The molecule has 0 bridgehead atoms. The van der Waals surface area contributed by atoms with Gasteiger partial charge in [-0.3, -0.25) is 4.99 Å². The van der Waals surface area contributed by atoms with Crippen LogP contribution in [0.15, 0.2) is 59.6 Å². The molecule has 2 aromatic carbocycles. The Bertz CT molecular complexity index is 920. The van der Waals surface area contributed by atoms with Crippen molar-refractivity contribution in [1.82, 2.24) is 20.4 Å². The topological polar surface area (TPSA) is 54.2 Å². The second kappa shape index (κ2) is 10.2. The van der Waals surface area contributed by atoms with Crippen molar-refractivity contribution in [2.24, 2.45) is 4.99 Å². The van der Waals surface area contributed by atoms with Crippen molar-refractivity contribution in [1.29, 1.82) is 0 Å².